The van der Waals surface area contributed by atoms with Crippen LogP contribution in [0.5, 0.6) is 5.75 Å². The Bertz CT molecular complexity index is 561. The van der Waals surface area contributed by atoms with E-state index in [1.54, 1.807) is 12.1 Å². The Morgan fingerprint density at radius 3 is 2.67 bits per heavy atom. The first-order valence-corrected chi connectivity index (χ1v) is 6.21. The average molecular weight is 301 g/mol. The summed E-state index contributed by atoms with van der Waals surface area (Å²) in [7, 11) is 0. The van der Waals surface area contributed by atoms with Gasteiger partial charge in [-0.1, -0.05) is 6.07 Å². The van der Waals surface area contributed by atoms with Crippen molar-refractivity contribution < 1.29 is 27.4 Å². The van der Waals surface area contributed by atoms with E-state index < -0.39 is 24.2 Å². The summed E-state index contributed by atoms with van der Waals surface area (Å²) in [6.07, 6.45) is 1.48. The Morgan fingerprint density at radius 1 is 1.29 bits per heavy atom. The van der Waals surface area contributed by atoms with Crippen molar-refractivity contribution in [2.45, 2.75) is 19.2 Å². The summed E-state index contributed by atoms with van der Waals surface area (Å²) in [4.78, 5) is 0. The van der Waals surface area contributed by atoms with Crippen molar-refractivity contribution in [3.63, 3.8) is 0 Å². The number of nitrogens with one attached hydrogen (secondary N) is 1. The molecule has 0 saturated heterocycles. The summed E-state index contributed by atoms with van der Waals surface area (Å²) in [5, 5.41) is 12.2. The molecular weight excluding hydrogens is 287 g/mol. The molecule has 2 rings (SSSR count). The van der Waals surface area contributed by atoms with Gasteiger partial charge in [0, 0.05) is 6.54 Å². The van der Waals surface area contributed by atoms with Gasteiger partial charge in [0.15, 0.2) is 11.6 Å². The number of ether oxygens (including phenoxy) is 1. The molecule has 1 aromatic carbocycles. The molecule has 0 spiro atoms. The zero-order chi connectivity index (χ0) is 15.2. The maximum absolute atomic E-state index is 13.5. The lowest BCUT2D eigenvalue weighted by molar-refractivity contribution is -0.0522. The van der Waals surface area contributed by atoms with Crippen LogP contribution in [0.1, 0.15) is 17.4 Å². The van der Waals surface area contributed by atoms with Gasteiger partial charge in [-0.05, 0) is 29.8 Å². The minimum atomic E-state index is -3.07. The van der Waals surface area contributed by atoms with E-state index in [4.69, 9.17) is 4.42 Å². The first kappa shape index (κ1) is 15.4. The molecule has 0 fully saturated rings. The van der Waals surface area contributed by atoms with Gasteiger partial charge in [0.05, 0.1) is 18.9 Å². The third kappa shape index (κ3) is 4.24. The van der Waals surface area contributed by atoms with Crippen LogP contribution in [-0.2, 0) is 6.54 Å². The molecule has 0 unspecified atom stereocenters. The zero-order valence-corrected chi connectivity index (χ0v) is 10.9. The number of furan rings is 1. The van der Waals surface area contributed by atoms with Gasteiger partial charge in [0.2, 0.25) is 0 Å². The maximum atomic E-state index is 13.5. The number of hydrogen-bond donors (Lipinski definition) is 2. The van der Waals surface area contributed by atoms with Crippen LogP contribution < -0.4 is 10.1 Å². The molecular formula is C14H14F3NO3. The summed E-state index contributed by atoms with van der Waals surface area (Å²) in [6, 6.07) is 6.66. The monoisotopic (exact) mass is 301 g/mol. The predicted octanol–water partition coefficient (Wildman–Crippen LogP) is 2.84. The standard InChI is InChI=1S/C14H14F3NO3/c15-10-6-9(3-4-12(10)21-14(16)17)7-18-11(8-19)13-2-1-5-20-13/h1-6,11,14,18-19H,7-8H2/t11-/m1/s1. The first-order chi connectivity index (χ1) is 10.1. The maximum Gasteiger partial charge on any atom is 0.387 e. The van der Waals surface area contributed by atoms with Crippen molar-refractivity contribution in [1.82, 2.24) is 5.32 Å². The van der Waals surface area contributed by atoms with Crippen molar-refractivity contribution >= 4 is 0 Å². The second-order valence-corrected chi connectivity index (χ2v) is 4.27. The third-order valence-electron chi connectivity index (χ3n) is 2.83. The molecule has 0 amide bonds. The van der Waals surface area contributed by atoms with E-state index in [2.05, 4.69) is 10.1 Å². The fourth-order valence-electron chi connectivity index (χ4n) is 1.83. The van der Waals surface area contributed by atoms with Crippen molar-refractivity contribution in [3.05, 3.63) is 53.7 Å². The van der Waals surface area contributed by atoms with Gasteiger partial charge in [-0.15, -0.1) is 0 Å². The number of rotatable bonds is 7. The number of benzene rings is 1. The summed E-state index contributed by atoms with van der Waals surface area (Å²) >= 11 is 0. The molecule has 0 aliphatic carbocycles. The van der Waals surface area contributed by atoms with Gasteiger partial charge in [-0.2, -0.15) is 8.78 Å². The lowest BCUT2D eigenvalue weighted by Crippen LogP contribution is -2.23. The largest absolute Gasteiger partial charge is 0.468 e. The second kappa shape index (κ2) is 7.14. The van der Waals surface area contributed by atoms with Gasteiger partial charge in [0.1, 0.15) is 5.76 Å². The highest BCUT2D eigenvalue weighted by Gasteiger charge is 2.14. The lowest BCUT2D eigenvalue weighted by Gasteiger charge is -2.14. The third-order valence-corrected chi connectivity index (χ3v) is 2.83. The molecule has 0 bridgehead atoms. The molecule has 7 heteroatoms. The Labute approximate surface area is 119 Å². The number of halogens is 3. The fourth-order valence-corrected chi connectivity index (χ4v) is 1.83. The molecule has 2 aromatic rings. The lowest BCUT2D eigenvalue weighted by atomic mass is 10.1. The Morgan fingerprint density at radius 2 is 2.10 bits per heavy atom. The number of hydrogen-bond acceptors (Lipinski definition) is 4. The highest BCUT2D eigenvalue weighted by Crippen LogP contribution is 2.21. The quantitative estimate of drug-likeness (QED) is 0.825. The summed E-state index contributed by atoms with van der Waals surface area (Å²) < 4.78 is 46.8. The van der Waals surface area contributed by atoms with Gasteiger partial charge < -0.3 is 19.6 Å². The topological polar surface area (TPSA) is 54.6 Å². The van der Waals surface area contributed by atoms with Gasteiger partial charge in [-0.3, -0.25) is 0 Å². The minimum Gasteiger partial charge on any atom is -0.468 e. The van der Waals surface area contributed by atoms with Crippen LogP contribution in [0.3, 0.4) is 0 Å². The van der Waals surface area contributed by atoms with Crippen LogP contribution in [0.25, 0.3) is 0 Å². The van der Waals surface area contributed by atoms with E-state index in [0.29, 0.717) is 11.3 Å². The van der Waals surface area contributed by atoms with E-state index in [0.717, 1.165) is 12.1 Å². The summed E-state index contributed by atoms with van der Waals surface area (Å²) in [5.41, 5.74) is 0.527. The van der Waals surface area contributed by atoms with Crippen LogP contribution in [-0.4, -0.2) is 18.3 Å². The van der Waals surface area contributed by atoms with Crippen LogP contribution in [0.2, 0.25) is 0 Å². The highest BCUT2D eigenvalue weighted by molar-refractivity contribution is 5.29. The number of aliphatic hydroxyl groups excluding tert-OH is 1. The Balaban J connectivity index is 1.98. The van der Waals surface area contributed by atoms with Crippen molar-refractivity contribution in [1.29, 1.82) is 0 Å². The van der Waals surface area contributed by atoms with Gasteiger partial charge >= 0.3 is 6.61 Å². The molecule has 2 N–H and O–H groups in total. The van der Waals surface area contributed by atoms with E-state index in [9.17, 15) is 18.3 Å². The van der Waals surface area contributed by atoms with Crippen LogP contribution in [0.15, 0.2) is 41.0 Å². The molecule has 21 heavy (non-hydrogen) atoms. The summed E-state index contributed by atoms with van der Waals surface area (Å²) in [6.45, 7) is -3.03. The first-order valence-electron chi connectivity index (χ1n) is 6.21. The van der Waals surface area contributed by atoms with E-state index in [1.807, 2.05) is 0 Å². The Hall–Kier alpha value is -1.99. The van der Waals surface area contributed by atoms with Crippen LogP contribution in [0.4, 0.5) is 13.2 Å². The van der Waals surface area contributed by atoms with Crippen molar-refractivity contribution in [2.24, 2.45) is 0 Å². The molecule has 114 valence electrons. The van der Waals surface area contributed by atoms with Crippen molar-refractivity contribution in [2.75, 3.05) is 6.61 Å². The van der Waals surface area contributed by atoms with E-state index in [-0.39, 0.29) is 13.2 Å². The molecule has 4 nitrogen and oxygen atoms in total. The number of aliphatic hydroxyl groups is 1. The zero-order valence-electron chi connectivity index (χ0n) is 10.9. The van der Waals surface area contributed by atoms with E-state index in [1.165, 1.54) is 12.3 Å². The molecule has 0 radical (unpaired) electrons. The van der Waals surface area contributed by atoms with Crippen LogP contribution >= 0.6 is 0 Å². The highest BCUT2D eigenvalue weighted by atomic mass is 19.3. The molecule has 1 aromatic heterocycles. The molecule has 0 saturated carbocycles. The van der Waals surface area contributed by atoms with E-state index >= 15 is 0 Å². The second-order valence-electron chi connectivity index (χ2n) is 4.27. The fraction of sp³-hybridized carbons (Fsp3) is 0.286. The smallest absolute Gasteiger partial charge is 0.387 e. The molecule has 0 aliphatic rings. The summed E-state index contributed by atoms with van der Waals surface area (Å²) in [5.74, 6) is -0.817. The van der Waals surface area contributed by atoms with Crippen LogP contribution in [0, 0.1) is 5.82 Å². The van der Waals surface area contributed by atoms with Gasteiger partial charge in [0.25, 0.3) is 0 Å². The Kier molecular flexibility index (Phi) is 5.24. The molecule has 0 aliphatic heterocycles. The number of alkyl halides is 2. The molecule has 1 atom stereocenters. The minimum absolute atomic E-state index is 0.192. The normalized spacial score (nSPS) is 12.6. The molecule has 1 heterocycles. The SMILES string of the molecule is OC[C@@H](NCc1ccc(OC(F)F)c(F)c1)c1ccco1. The van der Waals surface area contributed by atoms with Gasteiger partial charge in [-0.25, -0.2) is 4.39 Å². The van der Waals surface area contributed by atoms with Crippen molar-refractivity contribution in [3.8, 4) is 5.75 Å². The predicted molar refractivity (Wildman–Crippen MR) is 68.4 cm³/mol. The average Bonchev–Trinajstić information content (AvgIpc) is 2.96.